The van der Waals surface area contributed by atoms with Crippen molar-refractivity contribution in [3.63, 3.8) is 0 Å². The predicted octanol–water partition coefficient (Wildman–Crippen LogP) is 15.2. The number of nitrogens with zero attached hydrogens (tertiary/aromatic N) is 2. The van der Waals surface area contributed by atoms with Crippen molar-refractivity contribution in [2.45, 2.75) is 0 Å². The summed E-state index contributed by atoms with van der Waals surface area (Å²) in [4.78, 5) is 4.15. The zero-order valence-corrected chi connectivity index (χ0v) is 31.3. The smallest absolute Gasteiger partial charge is 0.159 e. The number of rotatable bonds is 7. The molecule has 11 rings (SSSR count). The minimum atomic E-state index is -0.337. The van der Waals surface area contributed by atoms with E-state index in [0.29, 0.717) is 22.3 Å². The Morgan fingerprint density at radius 2 is 1.00 bits per heavy atom. The highest BCUT2D eigenvalue weighted by atomic mass is 19.1. The van der Waals surface area contributed by atoms with Crippen molar-refractivity contribution in [3.05, 3.63) is 200 Å². The average molecular weight is 771 g/mol. The number of para-hydroxylation sites is 3. The molecule has 0 spiro atoms. The summed E-state index contributed by atoms with van der Waals surface area (Å²) in [5, 5.41) is 16.6. The van der Waals surface area contributed by atoms with Crippen LogP contribution in [0.3, 0.4) is 0 Å². The molecule has 0 unspecified atom stereocenters. The van der Waals surface area contributed by atoms with Gasteiger partial charge in [-0.05, 0) is 102 Å². The van der Waals surface area contributed by atoms with Crippen molar-refractivity contribution >= 4 is 88.8 Å². The monoisotopic (exact) mass is 770 g/mol. The maximum atomic E-state index is 14.4. The van der Waals surface area contributed by atoms with Crippen LogP contribution in [0.15, 0.2) is 197 Å². The van der Waals surface area contributed by atoms with Crippen LogP contribution >= 0.6 is 0 Å². The van der Waals surface area contributed by atoms with E-state index in [9.17, 15) is 13.9 Å². The number of anilines is 6. The van der Waals surface area contributed by atoms with E-state index in [4.69, 9.17) is 8.83 Å². The maximum Gasteiger partial charge on any atom is 0.159 e. The molecule has 0 atom stereocenters. The Kier molecular flexibility index (Phi) is 7.94. The van der Waals surface area contributed by atoms with Gasteiger partial charge in [0.2, 0.25) is 0 Å². The minimum Gasteiger partial charge on any atom is -0.507 e. The first kappa shape index (κ1) is 34.4. The lowest BCUT2D eigenvalue weighted by Gasteiger charge is -2.27. The SMILES string of the molecule is Oc1ccccc1-c1cccc(N(c2ccc(F)cc2)c2cc3oc4cc(N(c5ccc(F)cc5)c5cccc6c5oc5ccccc56)ccc4c3c3ccccc23)c1. The molecule has 11 aromatic rings. The summed E-state index contributed by atoms with van der Waals surface area (Å²) in [6.07, 6.45) is 0. The van der Waals surface area contributed by atoms with Gasteiger partial charge in [-0.3, -0.25) is 0 Å². The largest absolute Gasteiger partial charge is 0.507 e. The van der Waals surface area contributed by atoms with E-state index < -0.39 is 0 Å². The third-order valence-electron chi connectivity index (χ3n) is 11.1. The van der Waals surface area contributed by atoms with Crippen LogP contribution in [0, 0.1) is 11.6 Å². The van der Waals surface area contributed by atoms with Crippen molar-refractivity contribution in [1.29, 1.82) is 0 Å². The van der Waals surface area contributed by atoms with Gasteiger partial charge in [0.05, 0.1) is 17.1 Å². The standard InChI is InChI=1S/C52H32F2N2O3/c53-33-19-23-35(24-20-33)55(45-16-8-15-43-41-13-4-6-18-48(41)59-52(43)45)38-27-28-44-49(30-38)58-50-31-46(40-12-1-2-14-42(40)51(44)50)56(36-25-21-34(54)22-26-36)37-10-7-9-32(29-37)39-11-3-5-17-47(39)57/h1-31,57H. The van der Waals surface area contributed by atoms with Crippen LogP contribution in [0.4, 0.5) is 42.9 Å². The number of furan rings is 2. The van der Waals surface area contributed by atoms with E-state index in [2.05, 4.69) is 40.1 Å². The molecule has 1 N–H and O–H groups in total. The zero-order chi connectivity index (χ0) is 39.6. The molecule has 0 radical (unpaired) electrons. The molecule has 0 aliphatic rings. The average Bonchev–Trinajstić information content (AvgIpc) is 3.84. The summed E-state index contributed by atoms with van der Waals surface area (Å²) in [7, 11) is 0. The van der Waals surface area contributed by atoms with Crippen molar-refractivity contribution < 1.29 is 22.7 Å². The number of phenolic OH excluding ortho intramolecular Hbond substituents is 1. The van der Waals surface area contributed by atoms with E-state index in [1.807, 2.05) is 97.1 Å². The van der Waals surface area contributed by atoms with Crippen LogP contribution in [0.2, 0.25) is 0 Å². The lowest BCUT2D eigenvalue weighted by molar-refractivity contribution is 0.477. The number of aromatic hydroxyl groups is 1. The van der Waals surface area contributed by atoms with Crippen molar-refractivity contribution in [2.24, 2.45) is 0 Å². The zero-order valence-electron chi connectivity index (χ0n) is 31.3. The second-order valence-corrected chi connectivity index (χ2v) is 14.5. The Bertz CT molecular complexity index is 3390. The normalized spacial score (nSPS) is 11.6. The van der Waals surface area contributed by atoms with E-state index in [1.54, 1.807) is 36.4 Å². The van der Waals surface area contributed by atoms with Gasteiger partial charge in [0.1, 0.15) is 34.1 Å². The molecule has 0 amide bonds. The molecule has 5 nitrogen and oxygen atoms in total. The Morgan fingerprint density at radius 1 is 0.390 bits per heavy atom. The number of hydrogen-bond acceptors (Lipinski definition) is 5. The first-order valence-corrected chi connectivity index (χ1v) is 19.3. The Hall–Kier alpha value is -7.90. The topological polar surface area (TPSA) is 53.0 Å². The predicted molar refractivity (Wildman–Crippen MR) is 235 cm³/mol. The van der Waals surface area contributed by atoms with Gasteiger partial charge in [-0.25, -0.2) is 8.78 Å². The molecule has 0 saturated heterocycles. The van der Waals surface area contributed by atoms with Crippen LogP contribution in [0.5, 0.6) is 5.75 Å². The van der Waals surface area contributed by atoms with Gasteiger partial charge >= 0.3 is 0 Å². The fraction of sp³-hybridized carbons (Fsp3) is 0. The molecule has 2 heterocycles. The molecule has 7 heteroatoms. The molecule has 9 aromatic carbocycles. The highest BCUT2D eigenvalue weighted by Gasteiger charge is 2.24. The maximum absolute atomic E-state index is 14.4. The molecule has 59 heavy (non-hydrogen) atoms. The molecule has 0 saturated carbocycles. The third-order valence-corrected chi connectivity index (χ3v) is 11.1. The number of phenols is 1. The Morgan fingerprint density at radius 3 is 1.76 bits per heavy atom. The molecule has 0 aliphatic carbocycles. The van der Waals surface area contributed by atoms with Gasteiger partial charge in [-0.2, -0.15) is 0 Å². The van der Waals surface area contributed by atoms with Crippen LogP contribution in [0.25, 0.3) is 65.8 Å². The second kappa shape index (κ2) is 13.6. The summed E-state index contributed by atoms with van der Waals surface area (Å²) < 4.78 is 42.1. The van der Waals surface area contributed by atoms with Gasteiger partial charge in [-0.15, -0.1) is 0 Å². The quantitative estimate of drug-likeness (QED) is 0.175. The lowest BCUT2D eigenvalue weighted by atomic mass is 9.99. The Balaban J connectivity index is 1.12. The number of hydrogen-bond donors (Lipinski definition) is 1. The van der Waals surface area contributed by atoms with Gasteiger partial charge < -0.3 is 23.7 Å². The fourth-order valence-electron chi connectivity index (χ4n) is 8.41. The van der Waals surface area contributed by atoms with Crippen LogP contribution < -0.4 is 9.80 Å². The van der Waals surface area contributed by atoms with E-state index >= 15 is 0 Å². The molecule has 0 bridgehead atoms. The second-order valence-electron chi connectivity index (χ2n) is 14.5. The molecule has 0 fully saturated rings. The molecular weight excluding hydrogens is 739 g/mol. The highest BCUT2D eigenvalue weighted by Crippen LogP contribution is 2.48. The van der Waals surface area contributed by atoms with Gasteiger partial charge in [0.25, 0.3) is 0 Å². The minimum absolute atomic E-state index is 0.179. The summed E-state index contributed by atoms with van der Waals surface area (Å²) in [5.74, 6) is -0.485. The Labute approximate surface area is 336 Å². The molecule has 282 valence electrons. The van der Waals surface area contributed by atoms with Gasteiger partial charge in [-0.1, -0.05) is 84.9 Å². The van der Waals surface area contributed by atoms with Crippen molar-refractivity contribution in [2.75, 3.05) is 9.80 Å². The number of halogens is 2. The van der Waals surface area contributed by atoms with E-state index in [1.165, 1.54) is 24.3 Å². The molecular formula is C52H32F2N2O3. The fourth-order valence-corrected chi connectivity index (χ4v) is 8.41. The number of benzene rings is 9. The summed E-state index contributed by atoms with van der Waals surface area (Å²) in [5.41, 5.74) is 9.11. The third kappa shape index (κ3) is 5.74. The summed E-state index contributed by atoms with van der Waals surface area (Å²) in [6.45, 7) is 0. The van der Waals surface area contributed by atoms with Crippen LogP contribution in [-0.4, -0.2) is 5.11 Å². The molecule has 2 aromatic heterocycles. The first-order valence-electron chi connectivity index (χ1n) is 19.3. The van der Waals surface area contributed by atoms with Crippen molar-refractivity contribution in [1.82, 2.24) is 0 Å². The van der Waals surface area contributed by atoms with E-state index in [-0.39, 0.29) is 17.4 Å². The highest BCUT2D eigenvalue weighted by molar-refractivity contribution is 6.23. The van der Waals surface area contributed by atoms with Crippen LogP contribution in [0.1, 0.15) is 0 Å². The van der Waals surface area contributed by atoms with Gasteiger partial charge in [0, 0.05) is 61.7 Å². The van der Waals surface area contributed by atoms with Crippen molar-refractivity contribution in [3.8, 4) is 16.9 Å². The summed E-state index contributed by atoms with van der Waals surface area (Å²) >= 11 is 0. The summed E-state index contributed by atoms with van der Waals surface area (Å²) in [6, 6.07) is 58.5. The van der Waals surface area contributed by atoms with Gasteiger partial charge in [0.15, 0.2) is 5.58 Å². The van der Waals surface area contributed by atoms with Crippen LogP contribution in [-0.2, 0) is 0 Å². The number of fused-ring (bicyclic) bond motifs is 8. The first-order chi connectivity index (χ1) is 29.0. The lowest BCUT2D eigenvalue weighted by Crippen LogP contribution is -2.10. The van der Waals surface area contributed by atoms with E-state index in [0.717, 1.165) is 77.6 Å². The molecule has 0 aliphatic heterocycles.